The zero-order valence-electron chi connectivity index (χ0n) is 15.0. The van der Waals surface area contributed by atoms with E-state index < -0.39 is 0 Å². The zero-order chi connectivity index (χ0) is 18.5. The first-order valence-electron chi connectivity index (χ1n) is 9.02. The zero-order valence-corrected chi connectivity index (χ0v) is 15.8. The standard InChI is InChI=1S/C21H21N5S/c27-21(26-14-12-25(13-15-26)20-16-22-10-11-23-20)24-19-9-5-4-8-18(19)17-6-2-1-3-7-17/h1-11,16H,12-15H2,(H,24,27). The summed E-state index contributed by atoms with van der Waals surface area (Å²) in [6, 6.07) is 18.6. The number of aromatic nitrogens is 2. The molecule has 4 rings (SSSR count). The lowest BCUT2D eigenvalue weighted by atomic mass is 10.0. The van der Waals surface area contributed by atoms with E-state index in [9.17, 15) is 0 Å². The topological polar surface area (TPSA) is 44.3 Å². The first-order chi connectivity index (χ1) is 13.3. The van der Waals surface area contributed by atoms with Gasteiger partial charge in [0.2, 0.25) is 0 Å². The van der Waals surface area contributed by atoms with Crippen LogP contribution in [0.15, 0.2) is 73.2 Å². The van der Waals surface area contributed by atoms with E-state index in [4.69, 9.17) is 12.2 Å². The number of piperazine rings is 1. The number of rotatable bonds is 3. The van der Waals surface area contributed by atoms with Crippen LogP contribution in [0.1, 0.15) is 0 Å². The van der Waals surface area contributed by atoms with E-state index in [1.807, 2.05) is 18.3 Å². The number of thiocarbonyl (C=S) groups is 1. The third kappa shape index (κ3) is 4.06. The fraction of sp³-hybridized carbons (Fsp3) is 0.190. The molecule has 0 saturated carbocycles. The lowest BCUT2D eigenvalue weighted by Gasteiger charge is -2.36. The Balaban J connectivity index is 1.42. The Hall–Kier alpha value is -2.99. The number of hydrogen-bond donors (Lipinski definition) is 1. The summed E-state index contributed by atoms with van der Waals surface area (Å²) in [5.41, 5.74) is 3.36. The molecule has 0 atom stereocenters. The Morgan fingerprint density at radius 2 is 1.63 bits per heavy atom. The van der Waals surface area contributed by atoms with Gasteiger partial charge in [0.1, 0.15) is 5.82 Å². The SMILES string of the molecule is S=C(Nc1ccccc1-c1ccccc1)N1CCN(c2cnccn2)CC1. The van der Waals surface area contributed by atoms with Gasteiger partial charge in [-0.05, 0) is 23.8 Å². The van der Waals surface area contributed by atoms with Gasteiger partial charge in [-0.2, -0.15) is 0 Å². The van der Waals surface area contributed by atoms with Crippen molar-refractivity contribution in [2.75, 3.05) is 36.4 Å². The monoisotopic (exact) mass is 375 g/mol. The highest BCUT2D eigenvalue weighted by Crippen LogP contribution is 2.28. The van der Waals surface area contributed by atoms with Crippen LogP contribution in [0.3, 0.4) is 0 Å². The maximum absolute atomic E-state index is 5.69. The van der Waals surface area contributed by atoms with Crippen molar-refractivity contribution >= 4 is 28.8 Å². The predicted molar refractivity (Wildman–Crippen MR) is 114 cm³/mol. The molecule has 0 aliphatic carbocycles. The highest BCUT2D eigenvalue weighted by Gasteiger charge is 2.20. The molecule has 6 heteroatoms. The van der Waals surface area contributed by atoms with Crippen molar-refractivity contribution in [1.29, 1.82) is 0 Å². The number of nitrogens with zero attached hydrogens (tertiary/aromatic N) is 4. The molecule has 0 radical (unpaired) electrons. The van der Waals surface area contributed by atoms with Crippen LogP contribution in [0.4, 0.5) is 11.5 Å². The second-order valence-electron chi connectivity index (χ2n) is 6.38. The van der Waals surface area contributed by atoms with Gasteiger partial charge in [-0.1, -0.05) is 48.5 Å². The number of hydrogen-bond acceptors (Lipinski definition) is 4. The Labute approximate surface area is 164 Å². The molecule has 0 unspecified atom stereocenters. The summed E-state index contributed by atoms with van der Waals surface area (Å²) in [5.74, 6) is 0.922. The second-order valence-corrected chi connectivity index (χ2v) is 6.77. The van der Waals surface area contributed by atoms with Crippen molar-refractivity contribution in [3.8, 4) is 11.1 Å². The lowest BCUT2D eigenvalue weighted by Crippen LogP contribution is -2.50. The molecule has 27 heavy (non-hydrogen) atoms. The molecule has 1 fully saturated rings. The van der Waals surface area contributed by atoms with E-state index in [1.54, 1.807) is 12.4 Å². The molecule has 1 saturated heterocycles. The molecule has 1 aliphatic heterocycles. The van der Waals surface area contributed by atoms with Gasteiger partial charge in [0.25, 0.3) is 0 Å². The van der Waals surface area contributed by atoms with Crippen LogP contribution in [0.5, 0.6) is 0 Å². The minimum atomic E-state index is 0.761. The van der Waals surface area contributed by atoms with Crippen molar-refractivity contribution in [1.82, 2.24) is 14.9 Å². The van der Waals surface area contributed by atoms with Gasteiger partial charge in [-0.15, -0.1) is 0 Å². The number of benzene rings is 2. The molecule has 0 bridgehead atoms. The largest absolute Gasteiger partial charge is 0.352 e. The van der Waals surface area contributed by atoms with E-state index in [-0.39, 0.29) is 0 Å². The molecule has 2 heterocycles. The van der Waals surface area contributed by atoms with Crippen molar-refractivity contribution < 1.29 is 0 Å². The van der Waals surface area contributed by atoms with Gasteiger partial charge in [0, 0.05) is 49.8 Å². The summed E-state index contributed by atoms with van der Waals surface area (Å²) < 4.78 is 0. The molecular weight excluding hydrogens is 354 g/mol. The van der Waals surface area contributed by atoms with Crippen LogP contribution >= 0.6 is 12.2 Å². The van der Waals surface area contributed by atoms with Crippen molar-refractivity contribution in [2.24, 2.45) is 0 Å². The Morgan fingerprint density at radius 1 is 0.889 bits per heavy atom. The normalized spacial score (nSPS) is 14.1. The molecule has 0 spiro atoms. The lowest BCUT2D eigenvalue weighted by molar-refractivity contribution is 0.389. The quantitative estimate of drug-likeness (QED) is 0.705. The highest BCUT2D eigenvalue weighted by molar-refractivity contribution is 7.80. The maximum atomic E-state index is 5.69. The summed E-state index contributed by atoms with van der Waals surface area (Å²) in [4.78, 5) is 13.0. The van der Waals surface area contributed by atoms with Gasteiger partial charge in [-0.3, -0.25) is 4.98 Å². The molecule has 1 aromatic heterocycles. The molecule has 5 nitrogen and oxygen atoms in total. The average molecular weight is 376 g/mol. The van der Waals surface area contributed by atoms with Crippen LogP contribution in [0.2, 0.25) is 0 Å². The highest BCUT2D eigenvalue weighted by atomic mass is 32.1. The number of para-hydroxylation sites is 1. The van der Waals surface area contributed by atoms with Crippen molar-refractivity contribution in [3.63, 3.8) is 0 Å². The van der Waals surface area contributed by atoms with Gasteiger partial charge in [0.05, 0.1) is 6.20 Å². The first-order valence-corrected chi connectivity index (χ1v) is 9.43. The van der Waals surface area contributed by atoms with Crippen LogP contribution in [0, 0.1) is 0 Å². The summed E-state index contributed by atoms with van der Waals surface area (Å²) >= 11 is 5.69. The minimum Gasteiger partial charge on any atom is -0.352 e. The van der Waals surface area contributed by atoms with Crippen molar-refractivity contribution in [3.05, 3.63) is 73.2 Å². The smallest absolute Gasteiger partial charge is 0.173 e. The van der Waals surface area contributed by atoms with Gasteiger partial charge < -0.3 is 15.1 Å². The minimum absolute atomic E-state index is 0.761. The van der Waals surface area contributed by atoms with E-state index in [0.29, 0.717) is 0 Å². The van der Waals surface area contributed by atoms with E-state index >= 15 is 0 Å². The average Bonchev–Trinajstić information content (AvgIpc) is 2.75. The Morgan fingerprint density at radius 3 is 2.37 bits per heavy atom. The number of nitrogens with one attached hydrogen (secondary N) is 1. The molecule has 0 amide bonds. The first kappa shape index (κ1) is 17.4. The third-order valence-electron chi connectivity index (χ3n) is 4.69. The molecule has 136 valence electrons. The summed E-state index contributed by atoms with van der Waals surface area (Å²) in [5, 5.41) is 4.21. The van der Waals surface area contributed by atoms with Gasteiger partial charge in [0.15, 0.2) is 5.11 Å². The number of anilines is 2. The van der Waals surface area contributed by atoms with E-state index in [0.717, 1.165) is 48.4 Å². The summed E-state index contributed by atoms with van der Waals surface area (Å²) in [6.07, 6.45) is 5.24. The Kier molecular flexibility index (Phi) is 5.25. The van der Waals surface area contributed by atoms with Gasteiger partial charge >= 0.3 is 0 Å². The van der Waals surface area contributed by atoms with Gasteiger partial charge in [-0.25, -0.2) is 4.98 Å². The van der Waals surface area contributed by atoms with Crippen LogP contribution in [-0.4, -0.2) is 46.2 Å². The summed E-state index contributed by atoms with van der Waals surface area (Å²) in [7, 11) is 0. The molecule has 1 aliphatic rings. The second kappa shape index (κ2) is 8.14. The van der Waals surface area contributed by atoms with E-state index in [1.165, 1.54) is 5.56 Å². The molecule has 3 aromatic rings. The molecule has 2 aromatic carbocycles. The summed E-state index contributed by atoms with van der Waals surface area (Å²) in [6.45, 7) is 3.47. The Bertz CT molecular complexity index is 893. The van der Waals surface area contributed by atoms with Crippen LogP contribution < -0.4 is 10.2 Å². The van der Waals surface area contributed by atoms with Crippen LogP contribution in [-0.2, 0) is 0 Å². The molecule has 1 N–H and O–H groups in total. The third-order valence-corrected chi connectivity index (χ3v) is 5.05. The van der Waals surface area contributed by atoms with Crippen LogP contribution in [0.25, 0.3) is 11.1 Å². The maximum Gasteiger partial charge on any atom is 0.173 e. The predicted octanol–water partition coefficient (Wildman–Crippen LogP) is 3.66. The fourth-order valence-corrected chi connectivity index (χ4v) is 3.54. The fourth-order valence-electron chi connectivity index (χ4n) is 3.25. The molecular formula is C21H21N5S. The van der Waals surface area contributed by atoms with E-state index in [2.05, 4.69) is 67.5 Å². The van der Waals surface area contributed by atoms with Crippen molar-refractivity contribution in [2.45, 2.75) is 0 Å².